The van der Waals surface area contributed by atoms with Crippen LogP contribution in [0.3, 0.4) is 0 Å². The lowest BCUT2D eigenvalue weighted by Gasteiger charge is -2.11. The summed E-state index contributed by atoms with van der Waals surface area (Å²) < 4.78 is 5.28. The van der Waals surface area contributed by atoms with Crippen LogP contribution in [-0.2, 0) is 4.74 Å². The Morgan fingerprint density at radius 2 is 2.05 bits per heavy atom. The van der Waals surface area contributed by atoms with Crippen LogP contribution in [0.5, 0.6) is 0 Å². The van der Waals surface area contributed by atoms with Gasteiger partial charge in [0.1, 0.15) is 0 Å². The van der Waals surface area contributed by atoms with Gasteiger partial charge in [0.25, 0.3) is 0 Å². The van der Waals surface area contributed by atoms with Crippen LogP contribution in [0.25, 0.3) is 0 Å². The lowest BCUT2D eigenvalue weighted by molar-refractivity contribution is 0.404. The van der Waals surface area contributed by atoms with E-state index in [0.717, 1.165) is 17.8 Å². The molecule has 0 saturated carbocycles. The molecule has 0 saturated heterocycles. The fraction of sp³-hybridized carbons (Fsp3) is 0.353. The van der Waals surface area contributed by atoms with E-state index < -0.39 is 0 Å². The first-order valence-electron chi connectivity index (χ1n) is 6.79. The molecule has 0 amide bonds. The van der Waals surface area contributed by atoms with Crippen molar-refractivity contribution in [3.8, 4) is 0 Å². The summed E-state index contributed by atoms with van der Waals surface area (Å²) in [7, 11) is 3.37. The molecular weight excluding hydrogens is 248 g/mol. The molecule has 20 heavy (non-hydrogen) atoms. The predicted molar refractivity (Wildman–Crippen MR) is 87.7 cm³/mol. The first kappa shape index (κ1) is 16.0. The number of rotatable bonds is 5. The third kappa shape index (κ3) is 4.57. The molecule has 0 aromatic heterocycles. The van der Waals surface area contributed by atoms with Crippen LogP contribution in [0.15, 0.2) is 47.0 Å². The van der Waals surface area contributed by atoms with Crippen molar-refractivity contribution >= 4 is 11.6 Å². The minimum atomic E-state index is 0.650. The Morgan fingerprint density at radius 3 is 2.60 bits per heavy atom. The van der Waals surface area contributed by atoms with E-state index in [1.54, 1.807) is 14.2 Å². The number of hydrogen-bond donors (Lipinski definition) is 1. The zero-order valence-corrected chi connectivity index (χ0v) is 13.0. The number of nitrogens with zero attached hydrogens (tertiary/aromatic N) is 1. The highest BCUT2D eigenvalue weighted by atomic mass is 16.5. The van der Waals surface area contributed by atoms with Crippen molar-refractivity contribution < 1.29 is 4.74 Å². The molecule has 0 atom stereocenters. The van der Waals surface area contributed by atoms with E-state index in [-0.39, 0.29) is 0 Å². The van der Waals surface area contributed by atoms with E-state index in [1.165, 1.54) is 11.1 Å². The minimum absolute atomic E-state index is 0.650. The standard InChI is InChI=1S/C17H24N2O/c1-6-8-14(7-2)12-19-16-10-13(3)9-15(11-16)17(18-4)20-5/h6-11,19H,12H2,1-5H3/b8-6-,14-7+,18-17-. The van der Waals surface area contributed by atoms with Crippen LogP contribution < -0.4 is 5.32 Å². The van der Waals surface area contributed by atoms with Crippen molar-refractivity contribution in [3.05, 3.63) is 53.1 Å². The number of methoxy groups -OCH3 is 1. The van der Waals surface area contributed by atoms with Gasteiger partial charge < -0.3 is 10.1 Å². The fourth-order valence-corrected chi connectivity index (χ4v) is 2.02. The Kier molecular flexibility index (Phi) is 6.57. The van der Waals surface area contributed by atoms with Gasteiger partial charge in [-0.2, -0.15) is 0 Å². The minimum Gasteiger partial charge on any atom is -0.481 e. The van der Waals surface area contributed by atoms with Crippen molar-refractivity contribution in [3.63, 3.8) is 0 Å². The fourth-order valence-electron chi connectivity index (χ4n) is 2.02. The molecule has 1 rings (SSSR count). The lowest BCUT2D eigenvalue weighted by Crippen LogP contribution is -2.07. The maximum absolute atomic E-state index is 5.28. The molecule has 0 radical (unpaired) electrons. The largest absolute Gasteiger partial charge is 0.481 e. The molecule has 1 N–H and O–H groups in total. The number of hydrogen-bond acceptors (Lipinski definition) is 3. The summed E-state index contributed by atoms with van der Waals surface area (Å²) in [5.74, 6) is 0.650. The molecule has 0 bridgehead atoms. The number of allylic oxidation sites excluding steroid dienone is 2. The molecule has 0 aliphatic heterocycles. The molecule has 0 spiro atoms. The van der Waals surface area contributed by atoms with Gasteiger partial charge in [0.05, 0.1) is 7.11 Å². The zero-order valence-electron chi connectivity index (χ0n) is 13.0. The van der Waals surface area contributed by atoms with Crippen molar-refractivity contribution in [2.24, 2.45) is 4.99 Å². The molecule has 3 heteroatoms. The first-order chi connectivity index (χ1) is 9.64. The average Bonchev–Trinajstić information content (AvgIpc) is 2.44. The number of aliphatic imine (C=N–C) groups is 1. The van der Waals surface area contributed by atoms with Crippen LogP contribution >= 0.6 is 0 Å². The summed E-state index contributed by atoms with van der Waals surface area (Å²) in [6, 6.07) is 6.25. The molecule has 0 unspecified atom stereocenters. The SMILES string of the molecule is C/C=C\C(=C/C)CNc1cc(C)cc(/C(=N/C)OC)c1. The quantitative estimate of drug-likeness (QED) is 0.500. The van der Waals surface area contributed by atoms with E-state index in [2.05, 4.69) is 47.6 Å². The van der Waals surface area contributed by atoms with Crippen molar-refractivity contribution in [1.29, 1.82) is 0 Å². The molecule has 1 aromatic carbocycles. The number of aryl methyl sites for hydroxylation is 1. The predicted octanol–water partition coefficient (Wildman–Crippen LogP) is 3.95. The molecule has 0 heterocycles. The van der Waals surface area contributed by atoms with Crippen molar-refractivity contribution in [1.82, 2.24) is 0 Å². The third-order valence-electron chi connectivity index (χ3n) is 2.97. The van der Waals surface area contributed by atoms with Crippen LogP contribution in [-0.4, -0.2) is 26.6 Å². The smallest absolute Gasteiger partial charge is 0.215 e. The van der Waals surface area contributed by atoms with Gasteiger partial charge in [-0.15, -0.1) is 0 Å². The van der Waals surface area contributed by atoms with Crippen LogP contribution in [0.4, 0.5) is 5.69 Å². The number of ether oxygens (including phenoxy) is 1. The normalized spacial score (nSPS) is 12.8. The van der Waals surface area contributed by atoms with Crippen LogP contribution in [0, 0.1) is 6.92 Å². The van der Waals surface area contributed by atoms with E-state index in [0.29, 0.717) is 5.90 Å². The second-order valence-corrected chi connectivity index (χ2v) is 4.54. The highest BCUT2D eigenvalue weighted by Gasteiger charge is 2.05. The number of benzene rings is 1. The summed E-state index contributed by atoms with van der Waals surface area (Å²) in [6.45, 7) is 6.94. The molecule has 1 aromatic rings. The Morgan fingerprint density at radius 1 is 1.30 bits per heavy atom. The topological polar surface area (TPSA) is 33.6 Å². The Bertz CT molecular complexity index is 528. The summed E-state index contributed by atoms with van der Waals surface area (Å²) in [4.78, 5) is 4.14. The molecule has 3 nitrogen and oxygen atoms in total. The molecule has 0 fully saturated rings. The van der Waals surface area contributed by atoms with Gasteiger partial charge in [-0.25, -0.2) is 0 Å². The second-order valence-electron chi connectivity index (χ2n) is 4.54. The van der Waals surface area contributed by atoms with Crippen molar-refractivity contribution in [2.45, 2.75) is 20.8 Å². The van der Waals surface area contributed by atoms with Crippen LogP contribution in [0.1, 0.15) is 25.0 Å². The van der Waals surface area contributed by atoms with E-state index in [9.17, 15) is 0 Å². The summed E-state index contributed by atoms with van der Waals surface area (Å²) in [5, 5.41) is 3.43. The summed E-state index contributed by atoms with van der Waals surface area (Å²) >= 11 is 0. The highest BCUT2D eigenvalue weighted by Crippen LogP contribution is 2.16. The Labute approximate surface area is 122 Å². The molecule has 108 valence electrons. The second kappa shape index (κ2) is 8.20. The van der Waals surface area contributed by atoms with E-state index in [4.69, 9.17) is 4.74 Å². The van der Waals surface area contributed by atoms with Gasteiger partial charge in [-0.05, 0) is 50.1 Å². The molecule has 0 aliphatic rings. The lowest BCUT2D eigenvalue weighted by atomic mass is 10.1. The van der Waals surface area contributed by atoms with Gasteiger partial charge in [0.2, 0.25) is 5.90 Å². The highest BCUT2D eigenvalue weighted by molar-refractivity contribution is 5.95. The first-order valence-corrected chi connectivity index (χ1v) is 6.79. The van der Waals surface area contributed by atoms with Gasteiger partial charge >= 0.3 is 0 Å². The van der Waals surface area contributed by atoms with Crippen molar-refractivity contribution in [2.75, 3.05) is 26.0 Å². The van der Waals surface area contributed by atoms with Gasteiger partial charge in [-0.1, -0.05) is 18.2 Å². The van der Waals surface area contributed by atoms with Gasteiger partial charge in [0.15, 0.2) is 0 Å². The van der Waals surface area contributed by atoms with E-state index in [1.807, 2.05) is 19.9 Å². The summed E-state index contributed by atoms with van der Waals surface area (Å²) in [6.07, 6.45) is 6.26. The zero-order chi connectivity index (χ0) is 15.0. The number of nitrogens with one attached hydrogen (secondary N) is 1. The molecule has 0 aliphatic carbocycles. The third-order valence-corrected chi connectivity index (χ3v) is 2.97. The van der Waals surface area contributed by atoms with Gasteiger partial charge in [-0.3, -0.25) is 4.99 Å². The van der Waals surface area contributed by atoms with Crippen LogP contribution in [0.2, 0.25) is 0 Å². The Hall–Kier alpha value is -2.03. The van der Waals surface area contributed by atoms with Gasteiger partial charge in [0, 0.05) is 24.8 Å². The Balaban J connectivity index is 2.91. The molecular formula is C17H24N2O. The average molecular weight is 272 g/mol. The monoisotopic (exact) mass is 272 g/mol. The maximum Gasteiger partial charge on any atom is 0.215 e. The number of anilines is 1. The maximum atomic E-state index is 5.28. The van der Waals surface area contributed by atoms with E-state index >= 15 is 0 Å². The summed E-state index contributed by atoms with van der Waals surface area (Å²) in [5.41, 5.74) is 4.50.